The minimum absolute atomic E-state index is 0.00699. The fraction of sp³-hybridized carbons (Fsp3) is 0.833. The first-order chi connectivity index (χ1) is 10.6. The number of aromatic nitrogens is 1. The monoisotopic (exact) mass is 323 g/mol. The number of nitrogens with zero attached hydrogens (tertiary/aromatic N) is 3. The van der Waals surface area contributed by atoms with Crippen LogP contribution in [0, 0.1) is 5.41 Å². The van der Waals surface area contributed by atoms with Crippen LogP contribution < -0.4 is 0 Å². The molecule has 0 aliphatic carbocycles. The molecule has 1 aromatic rings. The summed E-state index contributed by atoms with van der Waals surface area (Å²) in [6.45, 7) is 18.1. The van der Waals surface area contributed by atoms with E-state index in [4.69, 9.17) is 4.42 Å². The van der Waals surface area contributed by atoms with Crippen LogP contribution in [-0.4, -0.2) is 58.7 Å². The van der Waals surface area contributed by atoms with Gasteiger partial charge in [0, 0.05) is 38.1 Å². The van der Waals surface area contributed by atoms with Crippen molar-refractivity contribution >= 4 is 0 Å². The third-order valence-corrected chi connectivity index (χ3v) is 4.55. The van der Waals surface area contributed by atoms with Crippen LogP contribution in [-0.2, 0) is 12.0 Å². The van der Waals surface area contributed by atoms with Crippen molar-refractivity contribution in [2.75, 3.05) is 32.7 Å². The van der Waals surface area contributed by atoms with E-state index in [1.54, 1.807) is 0 Å². The molecule has 2 rings (SSSR count). The van der Waals surface area contributed by atoms with E-state index in [1.165, 1.54) is 0 Å². The number of hydrogen-bond donors (Lipinski definition) is 1. The fourth-order valence-electron chi connectivity index (χ4n) is 2.57. The van der Waals surface area contributed by atoms with Crippen molar-refractivity contribution in [2.24, 2.45) is 5.41 Å². The van der Waals surface area contributed by atoms with Gasteiger partial charge in [-0.15, -0.1) is 0 Å². The molecule has 0 radical (unpaired) electrons. The minimum Gasteiger partial charge on any atom is -0.444 e. The van der Waals surface area contributed by atoms with Gasteiger partial charge in [-0.1, -0.05) is 41.5 Å². The van der Waals surface area contributed by atoms with Crippen molar-refractivity contribution in [1.82, 2.24) is 14.8 Å². The highest BCUT2D eigenvalue weighted by molar-refractivity contribution is 5.06. The van der Waals surface area contributed by atoms with Gasteiger partial charge >= 0.3 is 0 Å². The van der Waals surface area contributed by atoms with Crippen LogP contribution in [0.25, 0.3) is 0 Å². The maximum Gasteiger partial charge on any atom is 0.208 e. The van der Waals surface area contributed by atoms with Gasteiger partial charge in [-0.25, -0.2) is 4.98 Å². The summed E-state index contributed by atoms with van der Waals surface area (Å²) in [5.74, 6) is 1.75. The molecular formula is C18H33N3O2. The highest BCUT2D eigenvalue weighted by atomic mass is 16.4. The number of β-amino-alcohol motifs (C(OH)–C–C–N with tert-alkyl or cyclic N) is 1. The largest absolute Gasteiger partial charge is 0.444 e. The second-order valence-corrected chi connectivity index (χ2v) is 8.83. The van der Waals surface area contributed by atoms with Crippen LogP contribution in [0.3, 0.4) is 0 Å². The minimum atomic E-state index is -0.282. The first-order valence-electron chi connectivity index (χ1n) is 8.63. The average molecular weight is 323 g/mol. The molecule has 5 heteroatoms. The Bertz CT molecular complexity index is 491. The van der Waals surface area contributed by atoms with Crippen LogP contribution in [0.15, 0.2) is 10.6 Å². The zero-order chi connectivity index (χ0) is 17.3. The van der Waals surface area contributed by atoms with Crippen LogP contribution in [0.1, 0.15) is 53.2 Å². The second kappa shape index (κ2) is 6.91. The van der Waals surface area contributed by atoms with E-state index in [1.807, 2.05) is 6.20 Å². The Labute approximate surface area is 140 Å². The molecule has 0 saturated carbocycles. The molecular weight excluding hydrogens is 290 g/mol. The van der Waals surface area contributed by atoms with Gasteiger partial charge in [0.1, 0.15) is 5.76 Å². The van der Waals surface area contributed by atoms with Crippen LogP contribution in [0.4, 0.5) is 0 Å². The molecule has 1 atom stereocenters. The lowest BCUT2D eigenvalue weighted by Crippen LogP contribution is -2.49. The van der Waals surface area contributed by atoms with Gasteiger partial charge in [-0.05, 0) is 5.41 Å². The summed E-state index contributed by atoms with van der Waals surface area (Å²) in [7, 11) is 0. The SMILES string of the molecule is CC(C)(C)c1cnc(CN2CCN(C[C@H](O)C(C)(C)C)CC2)o1. The number of oxazole rings is 1. The van der Waals surface area contributed by atoms with Crippen molar-refractivity contribution in [3.63, 3.8) is 0 Å². The summed E-state index contributed by atoms with van der Waals surface area (Å²) in [6, 6.07) is 0. The molecule has 1 aliphatic rings. The van der Waals surface area contributed by atoms with Gasteiger partial charge in [0.2, 0.25) is 5.89 Å². The lowest BCUT2D eigenvalue weighted by Gasteiger charge is -2.37. The first-order valence-corrected chi connectivity index (χ1v) is 8.63. The van der Waals surface area contributed by atoms with Crippen LogP contribution in [0.5, 0.6) is 0 Å². The molecule has 1 N–H and O–H groups in total. The summed E-state index contributed by atoms with van der Waals surface area (Å²) in [6.07, 6.45) is 1.57. The predicted molar refractivity (Wildman–Crippen MR) is 92.4 cm³/mol. The molecule has 1 saturated heterocycles. The van der Waals surface area contributed by atoms with E-state index in [9.17, 15) is 5.11 Å². The number of hydrogen-bond acceptors (Lipinski definition) is 5. The predicted octanol–water partition coefficient (Wildman–Crippen LogP) is 2.50. The zero-order valence-electron chi connectivity index (χ0n) is 15.6. The molecule has 1 fully saturated rings. The van der Waals surface area contributed by atoms with Gasteiger partial charge in [-0.2, -0.15) is 0 Å². The van der Waals surface area contributed by atoms with Crippen molar-refractivity contribution < 1.29 is 9.52 Å². The Morgan fingerprint density at radius 1 is 1.09 bits per heavy atom. The van der Waals surface area contributed by atoms with E-state index in [0.29, 0.717) is 0 Å². The summed E-state index contributed by atoms with van der Waals surface area (Å²) in [5, 5.41) is 10.2. The molecule has 23 heavy (non-hydrogen) atoms. The Hall–Kier alpha value is -0.910. The highest BCUT2D eigenvalue weighted by Gasteiger charge is 2.27. The molecule has 0 unspecified atom stereocenters. The molecule has 0 bridgehead atoms. The highest BCUT2D eigenvalue weighted by Crippen LogP contribution is 2.23. The van der Waals surface area contributed by atoms with Gasteiger partial charge < -0.3 is 9.52 Å². The maximum absolute atomic E-state index is 10.2. The fourth-order valence-corrected chi connectivity index (χ4v) is 2.57. The molecule has 0 amide bonds. The number of aliphatic hydroxyl groups is 1. The van der Waals surface area contributed by atoms with E-state index < -0.39 is 0 Å². The van der Waals surface area contributed by atoms with Crippen molar-refractivity contribution in [2.45, 2.75) is 59.6 Å². The van der Waals surface area contributed by atoms with Crippen LogP contribution in [0.2, 0.25) is 0 Å². The van der Waals surface area contributed by atoms with E-state index in [0.717, 1.165) is 50.9 Å². The Morgan fingerprint density at radius 2 is 1.65 bits per heavy atom. The third-order valence-electron chi connectivity index (χ3n) is 4.55. The molecule has 2 heterocycles. The molecule has 132 valence electrons. The number of rotatable bonds is 4. The molecule has 0 spiro atoms. The second-order valence-electron chi connectivity index (χ2n) is 8.83. The number of aliphatic hydroxyl groups excluding tert-OH is 1. The van der Waals surface area contributed by atoms with Crippen molar-refractivity contribution in [3.05, 3.63) is 17.8 Å². The van der Waals surface area contributed by atoms with Crippen molar-refractivity contribution in [3.8, 4) is 0 Å². The molecule has 1 aromatic heterocycles. The lowest BCUT2D eigenvalue weighted by molar-refractivity contribution is 0.0116. The Balaban J connectivity index is 1.80. The van der Waals surface area contributed by atoms with Gasteiger partial charge in [0.25, 0.3) is 0 Å². The Morgan fingerprint density at radius 3 is 2.13 bits per heavy atom. The summed E-state index contributed by atoms with van der Waals surface area (Å²) >= 11 is 0. The summed E-state index contributed by atoms with van der Waals surface area (Å²) in [4.78, 5) is 9.14. The molecule has 1 aliphatic heterocycles. The van der Waals surface area contributed by atoms with Crippen molar-refractivity contribution in [1.29, 1.82) is 0 Å². The standard InChI is InChI=1S/C18H33N3O2/c1-17(2,3)14(22)12-20-7-9-21(10-8-20)13-16-19-11-15(23-16)18(4,5)6/h11,14,22H,7-10,12-13H2,1-6H3/t14-/m0/s1. The average Bonchev–Trinajstić information content (AvgIpc) is 2.88. The van der Waals surface area contributed by atoms with E-state index in [-0.39, 0.29) is 16.9 Å². The third kappa shape index (κ3) is 5.30. The topological polar surface area (TPSA) is 52.7 Å². The normalized spacial score (nSPS) is 20.0. The van der Waals surface area contributed by atoms with E-state index >= 15 is 0 Å². The quantitative estimate of drug-likeness (QED) is 0.922. The summed E-state index contributed by atoms with van der Waals surface area (Å²) in [5.41, 5.74) is -0.0500. The van der Waals surface area contributed by atoms with Gasteiger partial charge in [0.05, 0.1) is 18.8 Å². The first kappa shape index (κ1) is 18.4. The van der Waals surface area contributed by atoms with E-state index in [2.05, 4.69) is 56.3 Å². The zero-order valence-corrected chi connectivity index (χ0v) is 15.6. The number of piperazine rings is 1. The van der Waals surface area contributed by atoms with Gasteiger partial charge in [0.15, 0.2) is 0 Å². The smallest absolute Gasteiger partial charge is 0.208 e. The molecule has 5 nitrogen and oxygen atoms in total. The maximum atomic E-state index is 10.2. The lowest BCUT2D eigenvalue weighted by atomic mass is 9.89. The Kier molecular flexibility index (Phi) is 5.54. The van der Waals surface area contributed by atoms with Crippen LogP contribution >= 0.6 is 0 Å². The molecule has 0 aromatic carbocycles. The van der Waals surface area contributed by atoms with Gasteiger partial charge in [-0.3, -0.25) is 9.80 Å². The summed E-state index contributed by atoms with van der Waals surface area (Å²) < 4.78 is 5.88.